The van der Waals surface area contributed by atoms with Crippen LogP contribution >= 0.6 is 24.8 Å². The molecular formula is C17H31Cl2N5O2. The van der Waals surface area contributed by atoms with Crippen molar-refractivity contribution < 1.29 is 9.84 Å². The molecule has 2 N–H and O–H groups in total. The van der Waals surface area contributed by atoms with E-state index in [4.69, 9.17) is 14.7 Å². The number of anilines is 1. The number of rotatable bonds is 5. The molecule has 0 amide bonds. The van der Waals surface area contributed by atoms with E-state index in [0.29, 0.717) is 19.8 Å². The van der Waals surface area contributed by atoms with Crippen LogP contribution in [0, 0.1) is 0 Å². The van der Waals surface area contributed by atoms with Crippen LogP contribution < -0.4 is 10.2 Å². The monoisotopic (exact) mass is 407 g/mol. The summed E-state index contributed by atoms with van der Waals surface area (Å²) in [5.74, 6) is 1.73. The maximum absolute atomic E-state index is 10.4. The third-order valence-electron chi connectivity index (χ3n) is 4.86. The molecule has 0 aliphatic carbocycles. The van der Waals surface area contributed by atoms with Crippen molar-refractivity contribution in [3.63, 3.8) is 0 Å². The molecule has 0 bridgehead atoms. The number of aliphatic hydroxyl groups excluding tert-OH is 1. The Bertz CT molecular complexity index is 576. The van der Waals surface area contributed by atoms with Gasteiger partial charge in [-0.2, -0.15) is 0 Å². The fourth-order valence-corrected chi connectivity index (χ4v) is 3.54. The van der Waals surface area contributed by atoms with E-state index in [0.717, 1.165) is 49.8 Å². The molecule has 1 fully saturated rings. The van der Waals surface area contributed by atoms with E-state index in [-0.39, 0.29) is 37.0 Å². The Balaban J connectivity index is 0.00000169. The van der Waals surface area contributed by atoms with Crippen LogP contribution in [-0.4, -0.2) is 79.0 Å². The summed E-state index contributed by atoms with van der Waals surface area (Å²) in [5, 5.41) is 13.8. The first-order valence-corrected chi connectivity index (χ1v) is 8.86. The molecule has 2 aliphatic rings. The second kappa shape index (κ2) is 10.6. The maximum atomic E-state index is 10.4. The molecule has 3 rings (SSSR count). The summed E-state index contributed by atoms with van der Waals surface area (Å²) in [5.41, 5.74) is 2.36. The van der Waals surface area contributed by atoms with Gasteiger partial charge in [0.1, 0.15) is 12.4 Å². The lowest BCUT2D eigenvalue weighted by Crippen LogP contribution is -2.38. The molecule has 0 radical (unpaired) electrons. The van der Waals surface area contributed by atoms with Gasteiger partial charge in [-0.15, -0.1) is 24.8 Å². The van der Waals surface area contributed by atoms with Crippen molar-refractivity contribution in [2.24, 2.45) is 0 Å². The lowest BCUT2D eigenvalue weighted by Gasteiger charge is -2.24. The Morgan fingerprint density at radius 3 is 2.58 bits per heavy atom. The van der Waals surface area contributed by atoms with Gasteiger partial charge in [0.2, 0.25) is 0 Å². The van der Waals surface area contributed by atoms with Gasteiger partial charge in [0, 0.05) is 38.2 Å². The SMILES string of the molecule is CCOCc1nc2c(c(N3C[C@H](O)[C@@H](N(C)C)C3)n1)CCNCC2.Cl.Cl. The summed E-state index contributed by atoms with van der Waals surface area (Å²) >= 11 is 0. The van der Waals surface area contributed by atoms with Crippen LogP contribution in [0.3, 0.4) is 0 Å². The van der Waals surface area contributed by atoms with E-state index in [1.807, 2.05) is 21.0 Å². The molecule has 2 atom stereocenters. The zero-order valence-electron chi connectivity index (χ0n) is 15.8. The molecule has 0 aromatic carbocycles. The first-order chi connectivity index (χ1) is 11.6. The number of fused-ring (bicyclic) bond motifs is 1. The van der Waals surface area contributed by atoms with Crippen LogP contribution in [-0.2, 0) is 24.2 Å². The van der Waals surface area contributed by atoms with Crippen LogP contribution in [0.1, 0.15) is 24.0 Å². The van der Waals surface area contributed by atoms with Crippen LogP contribution in [0.4, 0.5) is 5.82 Å². The van der Waals surface area contributed by atoms with Crippen LogP contribution in [0.15, 0.2) is 0 Å². The molecular weight excluding hydrogens is 377 g/mol. The Morgan fingerprint density at radius 2 is 1.92 bits per heavy atom. The van der Waals surface area contributed by atoms with Gasteiger partial charge in [0.05, 0.1) is 17.8 Å². The Hall–Kier alpha value is -0.700. The minimum Gasteiger partial charge on any atom is -0.390 e. The highest BCUT2D eigenvalue weighted by Crippen LogP contribution is 2.28. The summed E-state index contributed by atoms with van der Waals surface area (Å²) < 4.78 is 5.52. The molecule has 0 spiro atoms. The van der Waals surface area contributed by atoms with Crippen LogP contribution in [0.2, 0.25) is 0 Å². The van der Waals surface area contributed by atoms with E-state index in [9.17, 15) is 5.11 Å². The second-order valence-electron chi connectivity index (χ2n) is 6.78. The molecule has 0 saturated carbocycles. The van der Waals surface area contributed by atoms with E-state index >= 15 is 0 Å². The minimum absolute atomic E-state index is 0. The number of hydrogen-bond acceptors (Lipinski definition) is 7. The fraction of sp³-hybridized carbons (Fsp3) is 0.765. The van der Waals surface area contributed by atoms with Crippen molar-refractivity contribution in [2.75, 3.05) is 51.8 Å². The number of nitrogens with zero attached hydrogens (tertiary/aromatic N) is 4. The predicted molar refractivity (Wildman–Crippen MR) is 108 cm³/mol. The largest absolute Gasteiger partial charge is 0.390 e. The van der Waals surface area contributed by atoms with E-state index in [1.165, 1.54) is 5.56 Å². The molecule has 0 unspecified atom stereocenters. The van der Waals surface area contributed by atoms with Crippen molar-refractivity contribution in [3.05, 3.63) is 17.1 Å². The molecule has 2 aliphatic heterocycles. The summed E-state index contributed by atoms with van der Waals surface area (Å²) in [6, 6.07) is 0.134. The standard InChI is InChI=1S/C17H29N5O2.2ClH/c1-4-24-11-16-19-13-6-8-18-7-5-12(13)17(20-16)22-9-14(21(2)3)15(23)10-22;;/h14-15,18,23H,4-11H2,1-3H3;2*1H/t14-,15-;;/m0../s1. The van der Waals surface area contributed by atoms with Gasteiger partial charge in [-0.25, -0.2) is 9.97 Å². The van der Waals surface area contributed by atoms with Gasteiger partial charge in [0.15, 0.2) is 5.82 Å². The first kappa shape index (κ1) is 23.3. The topological polar surface area (TPSA) is 73.8 Å². The van der Waals surface area contributed by atoms with E-state index in [1.54, 1.807) is 0 Å². The van der Waals surface area contributed by atoms with Gasteiger partial charge >= 0.3 is 0 Å². The maximum Gasteiger partial charge on any atom is 0.156 e. The number of β-amino-alcohol motifs (C(OH)–C–C–N with tert-alkyl or cyclic N) is 1. The van der Waals surface area contributed by atoms with Crippen molar-refractivity contribution >= 4 is 30.6 Å². The summed E-state index contributed by atoms with van der Waals surface area (Å²) in [7, 11) is 4.03. The Kier molecular flexibility index (Phi) is 9.50. The summed E-state index contributed by atoms with van der Waals surface area (Å²) in [6.45, 7) is 6.38. The zero-order chi connectivity index (χ0) is 17.1. The molecule has 7 nitrogen and oxygen atoms in total. The summed E-state index contributed by atoms with van der Waals surface area (Å²) in [6.07, 6.45) is 1.49. The third kappa shape index (κ3) is 5.18. The highest BCUT2D eigenvalue weighted by molar-refractivity contribution is 5.85. The first-order valence-electron chi connectivity index (χ1n) is 8.86. The van der Waals surface area contributed by atoms with Gasteiger partial charge < -0.3 is 25.0 Å². The molecule has 1 aromatic heterocycles. The molecule has 3 heterocycles. The lowest BCUT2D eigenvalue weighted by molar-refractivity contribution is 0.114. The van der Waals surface area contributed by atoms with Gasteiger partial charge in [-0.1, -0.05) is 0 Å². The van der Waals surface area contributed by atoms with Crippen molar-refractivity contribution in [2.45, 2.75) is 38.5 Å². The number of halogens is 2. The van der Waals surface area contributed by atoms with E-state index < -0.39 is 0 Å². The average molecular weight is 408 g/mol. The number of likely N-dealkylation sites (N-methyl/N-ethyl adjacent to an activating group) is 1. The van der Waals surface area contributed by atoms with E-state index in [2.05, 4.69) is 15.1 Å². The highest BCUT2D eigenvalue weighted by Gasteiger charge is 2.35. The lowest BCUT2D eigenvalue weighted by atomic mass is 10.1. The molecule has 9 heteroatoms. The number of aromatic nitrogens is 2. The van der Waals surface area contributed by atoms with Crippen molar-refractivity contribution in [1.29, 1.82) is 0 Å². The second-order valence-corrected chi connectivity index (χ2v) is 6.78. The number of aliphatic hydroxyl groups is 1. The molecule has 150 valence electrons. The van der Waals surface area contributed by atoms with Crippen LogP contribution in [0.25, 0.3) is 0 Å². The third-order valence-corrected chi connectivity index (χ3v) is 4.86. The highest BCUT2D eigenvalue weighted by atomic mass is 35.5. The smallest absolute Gasteiger partial charge is 0.156 e. The number of hydrogen-bond donors (Lipinski definition) is 2. The predicted octanol–water partition coefficient (Wildman–Crippen LogP) is 0.656. The van der Waals surface area contributed by atoms with Gasteiger partial charge in [0.25, 0.3) is 0 Å². The Labute approximate surface area is 168 Å². The number of ether oxygens (including phenoxy) is 1. The molecule has 1 saturated heterocycles. The Morgan fingerprint density at radius 1 is 1.19 bits per heavy atom. The number of nitrogens with one attached hydrogen (secondary N) is 1. The quantitative estimate of drug-likeness (QED) is 0.742. The van der Waals surface area contributed by atoms with Crippen molar-refractivity contribution in [1.82, 2.24) is 20.2 Å². The summed E-state index contributed by atoms with van der Waals surface area (Å²) in [4.78, 5) is 13.9. The normalized spacial score (nSPS) is 22.4. The van der Waals surface area contributed by atoms with Gasteiger partial charge in [-0.3, -0.25) is 0 Å². The average Bonchev–Trinajstić information content (AvgIpc) is 2.79. The van der Waals surface area contributed by atoms with Crippen molar-refractivity contribution in [3.8, 4) is 0 Å². The fourth-order valence-electron chi connectivity index (χ4n) is 3.54. The molecule has 1 aromatic rings. The zero-order valence-corrected chi connectivity index (χ0v) is 17.4. The molecule has 26 heavy (non-hydrogen) atoms. The van der Waals surface area contributed by atoms with Gasteiger partial charge in [-0.05, 0) is 34.0 Å². The van der Waals surface area contributed by atoms with Crippen LogP contribution in [0.5, 0.6) is 0 Å². The minimum atomic E-state index is -0.357.